The Labute approximate surface area is 226 Å². The van der Waals surface area contributed by atoms with Crippen molar-refractivity contribution in [3.8, 4) is 0 Å². The molecule has 0 N–H and O–H groups in total. The number of sulfonamides is 1. The molecule has 0 spiro atoms. The highest BCUT2D eigenvalue weighted by Crippen LogP contribution is 2.37. The summed E-state index contributed by atoms with van der Waals surface area (Å²) < 4.78 is 28.7. The van der Waals surface area contributed by atoms with Crippen LogP contribution in [0, 0.1) is 12.8 Å². The fourth-order valence-corrected chi connectivity index (χ4v) is 7.28. The van der Waals surface area contributed by atoms with E-state index in [1.165, 1.54) is 23.5 Å². The largest absolute Gasteiger partial charge is 0.279 e. The average molecular weight is 554 g/mol. The van der Waals surface area contributed by atoms with Crippen molar-refractivity contribution in [1.82, 2.24) is 9.29 Å². The number of carbonyl (C=O) groups excluding carboxylic acids is 1. The van der Waals surface area contributed by atoms with Gasteiger partial charge in [-0.15, -0.1) is 0 Å². The second-order valence-corrected chi connectivity index (χ2v) is 12.8. The summed E-state index contributed by atoms with van der Waals surface area (Å²) >= 11 is 7.82. The monoisotopic (exact) mass is 553 g/mol. The molecule has 0 saturated carbocycles. The van der Waals surface area contributed by atoms with Gasteiger partial charge in [0.15, 0.2) is 5.13 Å². The van der Waals surface area contributed by atoms with Crippen LogP contribution < -0.4 is 4.90 Å². The third-order valence-electron chi connectivity index (χ3n) is 6.83. The van der Waals surface area contributed by atoms with Crippen LogP contribution in [0.25, 0.3) is 10.2 Å². The highest BCUT2D eigenvalue weighted by molar-refractivity contribution is 7.89. The minimum Gasteiger partial charge on any atom is -0.279 e. The number of carbonyl (C=O) groups is 1. The van der Waals surface area contributed by atoms with Gasteiger partial charge in [-0.25, -0.2) is 13.4 Å². The number of benzene rings is 3. The predicted octanol–water partition coefficient (Wildman–Crippen LogP) is 6.53. The zero-order valence-electron chi connectivity index (χ0n) is 20.7. The van der Waals surface area contributed by atoms with Gasteiger partial charge in [0, 0.05) is 18.7 Å². The number of halogens is 1. The lowest BCUT2D eigenvalue weighted by atomic mass is 10.0. The first-order valence-electron chi connectivity index (χ1n) is 12.3. The molecule has 0 aliphatic carbocycles. The summed E-state index contributed by atoms with van der Waals surface area (Å²) in [5, 5.41) is 1.14. The molecule has 1 aromatic heterocycles. The zero-order valence-corrected chi connectivity index (χ0v) is 23.1. The molecule has 3 aromatic carbocycles. The topological polar surface area (TPSA) is 70.6 Å². The number of hydrogen-bond acceptors (Lipinski definition) is 5. The van der Waals surface area contributed by atoms with Crippen molar-refractivity contribution in [3.05, 3.63) is 88.4 Å². The molecular formula is C28H28ClN3O3S2. The van der Waals surface area contributed by atoms with Gasteiger partial charge < -0.3 is 0 Å². The van der Waals surface area contributed by atoms with Crippen LogP contribution in [0.4, 0.5) is 5.13 Å². The molecule has 1 fully saturated rings. The minimum atomic E-state index is -3.59. The molecule has 4 aromatic rings. The first-order valence-corrected chi connectivity index (χ1v) is 14.9. The lowest BCUT2D eigenvalue weighted by Gasteiger charge is -2.29. The van der Waals surface area contributed by atoms with Crippen LogP contribution in [0.5, 0.6) is 0 Å². The fourth-order valence-electron chi connectivity index (χ4n) is 4.50. The molecule has 1 aliphatic rings. The normalized spacial score (nSPS) is 15.2. The molecule has 0 atom stereocenters. The Kier molecular flexibility index (Phi) is 7.36. The van der Waals surface area contributed by atoms with E-state index < -0.39 is 10.0 Å². The second-order valence-electron chi connectivity index (χ2n) is 9.53. The molecule has 5 rings (SSSR count). The molecule has 37 heavy (non-hydrogen) atoms. The summed E-state index contributed by atoms with van der Waals surface area (Å²) in [6.45, 7) is 5.48. The molecule has 9 heteroatoms. The second kappa shape index (κ2) is 10.5. The SMILES string of the molecule is Cc1ccc(Cl)c2sc(N(Cc3ccccc3)C(=O)c3ccc(S(=O)(=O)N4CCC(C)CC4)cc3)nc12. The summed E-state index contributed by atoms with van der Waals surface area (Å²) in [6.07, 6.45) is 1.71. The lowest BCUT2D eigenvalue weighted by Crippen LogP contribution is -2.37. The van der Waals surface area contributed by atoms with E-state index in [1.807, 2.05) is 49.4 Å². The highest BCUT2D eigenvalue weighted by Gasteiger charge is 2.29. The predicted molar refractivity (Wildman–Crippen MR) is 150 cm³/mol. The van der Waals surface area contributed by atoms with Gasteiger partial charge in [-0.05, 0) is 67.1 Å². The molecule has 1 aliphatic heterocycles. The van der Waals surface area contributed by atoms with E-state index in [1.54, 1.807) is 21.3 Å². The Balaban J connectivity index is 1.47. The zero-order chi connectivity index (χ0) is 26.2. The molecule has 6 nitrogen and oxygen atoms in total. The third-order valence-corrected chi connectivity index (χ3v) is 10.3. The number of nitrogens with zero attached hydrogens (tertiary/aromatic N) is 3. The maximum atomic E-state index is 13.8. The quantitative estimate of drug-likeness (QED) is 0.272. The average Bonchev–Trinajstić information content (AvgIpc) is 3.37. The molecule has 1 saturated heterocycles. The third kappa shape index (κ3) is 5.29. The van der Waals surface area contributed by atoms with E-state index in [0.29, 0.717) is 41.3 Å². The number of fused-ring (bicyclic) bond motifs is 1. The summed E-state index contributed by atoms with van der Waals surface area (Å²) in [5.74, 6) is 0.274. The van der Waals surface area contributed by atoms with Crippen LogP contribution in [0.2, 0.25) is 5.02 Å². The van der Waals surface area contributed by atoms with Gasteiger partial charge in [-0.3, -0.25) is 9.69 Å². The van der Waals surface area contributed by atoms with Crippen molar-refractivity contribution in [2.75, 3.05) is 18.0 Å². The Hall–Kier alpha value is -2.78. The standard InChI is InChI=1S/C28H28ClN3O3S2/c1-19-14-16-31(17-15-19)37(34,35)23-11-9-22(10-12-23)27(33)32(18-21-6-4-3-5-7-21)28-30-25-20(2)8-13-24(29)26(25)36-28/h3-13,19H,14-18H2,1-2H3. The molecule has 0 bridgehead atoms. The number of rotatable bonds is 6. The number of anilines is 1. The number of thiazole rings is 1. The van der Waals surface area contributed by atoms with Crippen molar-refractivity contribution >= 4 is 54.2 Å². The minimum absolute atomic E-state index is 0.204. The van der Waals surface area contributed by atoms with Crippen LogP contribution >= 0.6 is 22.9 Å². The highest BCUT2D eigenvalue weighted by atomic mass is 35.5. The maximum absolute atomic E-state index is 13.8. The lowest BCUT2D eigenvalue weighted by molar-refractivity contribution is 0.0985. The van der Waals surface area contributed by atoms with E-state index in [9.17, 15) is 13.2 Å². The van der Waals surface area contributed by atoms with E-state index >= 15 is 0 Å². The van der Waals surface area contributed by atoms with E-state index in [4.69, 9.17) is 16.6 Å². The van der Waals surface area contributed by atoms with E-state index in [-0.39, 0.29) is 10.8 Å². The van der Waals surface area contributed by atoms with E-state index in [0.717, 1.165) is 34.2 Å². The number of aryl methyl sites for hydroxylation is 1. The number of piperidine rings is 1. The number of amides is 1. The van der Waals surface area contributed by atoms with Gasteiger partial charge in [-0.2, -0.15) is 4.31 Å². The Morgan fingerprint density at radius 1 is 1.05 bits per heavy atom. The van der Waals surface area contributed by atoms with Gasteiger partial charge in [0.2, 0.25) is 10.0 Å². The van der Waals surface area contributed by atoms with Gasteiger partial charge in [0.25, 0.3) is 5.91 Å². The first kappa shape index (κ1) is 25.9. The molecular weight excluding hydrogens is 526 g/mol. The van der Waals surface area contributed by atoms with Crippen LogP contribution in [0.3, 0.4) is 0 Å². The number of aromatic nitrogens is 1. The first-order chi connectivity index (χ1) is 17.7. The summed E-state index contributed by atoms with van der Waals surface area (Å²) in [5.41, 5.74) is 3.10. The Morgan fingerprint density at radius 3 is 2.38 bits per heavy atom. The smallest absolute Gasteiger partial charge is 0.260 e. The van der Waals surface area contributed by atoms with Crippen LogP contribution in [-0.4, -0.2) is 36.7 Å². The van der Waals surface area contributed by atoms with Gasteiger partial charge in [-0.1, -0.05) is 66.3 Å². The van der Waals surface area contributed by atoms with Crippen molar-refractivity contribution < 1.29 is 13.2 Å². The molecule has 0 unspecified atom stereocenters. The Bertz CT molecular complexity index is 1490. The van der Waals surface area contributed by atoms with Gasteiger partial charge in [0.1, 0.15) is 0 Å². The Morgan fingerprint density at radius 2 is 1.73 bits per heavy atom. The van der Waals surface area contributed by atoms with Crippen LogP contribution in [0.1, 0.15) is 41.3 Å². The van der Waals surface area contributed by atoms with Crippen molar-refractivity contribution in [1.29, 1.82) is 0 Å². The fraction of sp³-hybridized carbons (Fsp3) is 0.286. The number of hydrogen-bond donors (Lipinski definition) is 0. The molecule has 1 amide bonds. The van der Waals surface area contributed by atoms with Crippen LogP contribution in [-0.2, 0) is 16.6 Å². The summed E-state index contributed by atoms with van der Waals surface area (Å²) in [7, 11) is -3.59. The molecule has 0 radical (unpaired) electrons. The van der Waals surface area contributed by atoms with Crippen LogP contribution in [0.15, 0.2) is 71.6 Å². The van der Waals surface area contributed by atoms with Crippen molar-refractivity contribution in [2.45, 2.75) is 38.1 Å². The molecule has 192 valence electrons. The van der Waals surface area contributed by atoms with Gasteiger partial charge in [0.05, 0.1) is 26.7 Å². The molecule has 2 heterocycles. The summed E-state index contributed by atoms with van der Waals surface area (Å²) in [6, 6.07) is 19.7. The van der Waals surface area contributed by atoms with Crippen molar-refractivity contribution in [3.63, 3.8) is 0 Å². The maximum Gasteiger partial charge on any atom is 0.260 e. The van der Waals surface area contributed by atoms with Crippen molar-refractivity contribution in [2.24, 2.45) is 5.92 Å². The summed E-state index contributed by atoms with van der Waals surface area (Å²) in [4.78, 5) is 20.4. The van der Waals surface area contributed by atoms with E-state index in [2.05, 4.69) is 6.92 Å². The van der Waals surface area contributed by atoms with Gasteiger partial charge >= 0.3 is 0 Å².